The smallest absolute Gasteiger partial charge is 0.123 e. The molecule has 1 aromatic heterocycles. The zero-order chi connectivity index (χ0) is 8.10. The van der Waals surface area contributed by atoms with Gasteiger partial charge < -0.3 is 5.73 Å². The van der Waals surface area contributed by atoms with Crippen LogP contribution in [0.15, 0.2) is 23.2 Å². The van der Waals surface area contributed by atoms with Gasteiger partial charge in [-0.25, -0.2) is 4.98 Å². The van der Waals surface area contributed by atoms with Crippen molar-refractivity contribution in [1.82, 2.24) is 4.98 Å². The molecule has 0 fully saturated rings. The van der Waals surface area contributed by atoms with Gasteiger partial charge in [0.05, 0.1) is 5.75 Å². The van der Waals surface area contributed by atoms with Crippen molar-refractivity contribution in [3.63, 3.8) is 0 Å². The Morgan fingerprint density at radius 3 is 3.00 bits per heavy atom. The SMILES string of the molecule is C#CCSc1ccc(N)nc1. The molecule has 11 heavy (non-hydrogen) atoms. The molecule has 0 aliphatic rings. The summed E-state index contributed by atoms with van der Waals surface area (Å²) in [5.41, 5.74) is 5.39. The summed E-state index contributed by atoms with van der Waals surface area (Å²) in [4.78, 5) is 4.97. The normalized spacial score (nSPS) is 9.00. The standard InChI is InChI=1S/C8H8N2S/c1-2-5-11-7-3-4-8(9)10-6-7/h1,3-4,6H,5H2,(H2,9,10). The first-order valence-electron chi connectivity index (χ1n) is 3.10. The fourth-order valence-corrected chi connectivity index (χ4v) is 1.14. The molecule has 2 nitrogen and oxygen atoms in total. The summed E-state index contributed by atoms with van der Waals surface area (Å²) < 4.78 is 0. The Morgan fingerprint density at radius 1 is 1.64 bits per heavy atom. The highest BCUT2D eigenvalue weighted by Gasteiger charge is 1.91. The van der Waals surface area contributed by atoms with Gasteiger partial charge in [-0.2, -0.15) is 0 Å². The van der Waals surface area contributed by atoms with Crippen LogP contribution in [0.3, 0.4) is 0 Å². The minimum Gasteiger partial charge on any atom is -0.384 e. The number of hydrogen-bond acceptors (Lipinski definition) is 3. The molecule has 1 heterocycles. The Balaban J connectivity index is 2.60. The molecular formula is C8H8N2S. The van der Waals surface area contributed by atoms with Gasteiger partial charge in [0.15, 0.2) is 0 Å². The maximum absolute atomic E-state index is 5.39. The third-order valence-corrected chi connectivity index (χ3v) is 1.97. The number of nitrogen functional groups attached to an aromatic ring is 1. The Bertz CT molecular complexity index is 260. The third-order valence-electron chi connectivity index (χ3n) is 1.08. The van der Waals surface area contributed by atoms with E-state index in [1.54, 1.807) is 24.0 Å². The highest BCUT2D eigenvalue weighted by atomic mass is 32.2. The molecule has 0 saturated heterocycles. The average Bonchev–Trinajstić information content (AvgIpc) is 2.04. The average molecular weight is 164 g/mol. The maximum atomic E-state index is 5.39. The van der Waals surface area contributed by atoms with E-state index in [2.05, 4.69) is 10.9 Å². The Morgan fingerprint density at radius 2 is 2.45 bits per heavy atom. The largest absolute Gasteiger partial charge is 0.384 e. The minimum absolute atomic E-state index is 0.537. The first kappa shape index (κ1) is 7.96. The van der Waals surface area contributed by atoms with Crippen molar-refractivity contribution < 1.29 is 0 Å². The van der Waals surface area contributed by atoms with Crippen molar-refractivity contribution in [2.75, 3.05) is 11.5 Å². The molecule has 0 bridgehead atoms. The number of terminal acetylenes is 1. The van der Waals surface area contributed by atoms with Gasteiger partial charge >= 0.3 is 0 Å². The van der Waals surface area contributed by atoms with Gasteiger partial charge in [-0.1, -0.05) is 5.92 Å². The van der Waals surface area contributed by atoms with Crippen molar-refractivity contribution in [1.29, 1.82) is 0 Å². The van der Waals surface area contributed by atoms with E-state index in [0.717, 1.165) is 4.90 Å². The van der Waals surface area contributed by atoms with Crippen LogP contribution in [-0.4, -0.2) is 10.7 Å². The van der Waals surface area contributed by atoms with Gasteiger partial charge in [0.25, 0.3) is 0 Å². The van der Waals surface area contributed by atoms with Gasteiger partial charge in [0.1, 0.15) is 5.82 Å². The lowest BCUT2D eigenvalue weighted by Crippen LogP contribution is -1.87. The number of anilines is 1. The van der Waals surface area contributed by atoms with E-state index in [0.29, 0.717) is 11.6 Å². The summed E-state index contributed by atoms with van der Waals surface area (Å²) in [7, 11) is 0. The monoisotopic (exact) mass is 164 g/mol. The van der Waals surface area contributed by atoms with E-state index in [9.17, 15) is 0 Å². The van der Waals surface area contributed by atoms with Gasteiger partial charge in [0.2, 0.25) is 0 Å². The fraction of sp³-hybridized carbons (Fsp3) is 0.125. The van der Waals surface area contributed by atoms with Gasteiger partial charge in [0, 0.05) is 11.1 Å². The van der Waals surface area contributed by atoms with Gasteiger partial charge in [-0.05, 0) is 12.1 Å². The van der Waals surface area contributed by atoms with Crippen LogP contribution in [0.1, 0.15) is 0 Å². The molecule has 3 heteroatoms. The molecule has 0 saturated carbocycles. The molecule has 0 amide bonds. The molecule has 0 radical (unpaired) electrons. The van der Waals surface area contributed by atoms with Crippen LogP contribution < -0.4 is 5.73 Å². The van der Waals surface area contributed by atoms with Crippen LogP contribution in [0, 0.1) is 12.3 Å². The van der Waals surface area contributed by atoms with Crippen molar-refractivity contribution in [2.45, 2.75) is 4.90 Å². The van der Waals surface area contributed by atoms with E-state index in [1.165, 1.54) is 0 Å². The van der Waals surface area contributed by atoms with Crippen LogP contribution in [0.2, 0.25) is 0 Å². The first-order valence-corrected chi connectivity index (χ1v) is 4.09. The third kappa shape index (κ3) is 2.52. The number of thioether (sulfide) groups is 1. The number of hydrogen-bond donors (Lipinski definition) is 1. The molecule has 1 rings (SSSR count). The van der Waals surface area contributed by atoms with Crippen LogP contribution in [0.4, 0.5) is 5.82 Å². The van der Waals surface area contributed by atoms with E-state index in [1.807, 2.05) is 6.07 Å². The lowest BCUT2D eigenvalue weighted by molar-refractivity contribution is 1.25. The Hall–Kier alpha value is -1.14. The molecule has 0 spiro atoms. The summed E-state index contributed by atoms with van der Waals surface area (Å²) >= 11 is 1.57. The van der Waals surface area contributed by atoms with E-state index >= 15 is 0 Å². The predicted octanol–water partition coefficient (Wildman–Crippen LogP) is 1.39. The van der Waals surface area contributed by atoms with Crippen LogP contribution in [-0.2, 0) is 0 Å². The van der Waals surface area contributed by atoms with Gasteiger partial charge in [-0.3, -0.25) is 0 Å². The van der Waals surface area contributed by atoms with Crippen LogP contribution in [0.25, 0.3) is 0 Å². The van der Waals surface area contributed by atoms with Crippen molar-refractivity contribution >= 4 is 17.6 Å². The lowest BCUT2D eigenvalue weighted by Gasteiger charge is -1.95. The number of rotatable bonds is 2. The maximum Gasteiger partial charge on any atom is 0.123 e. The summed E-state index contributed by atoms with van der Waals surface area (Å²) in [5.74, 6) is 3.74. The highest BCUT2D eigenvalue weighted by molar-refractivity contribution is 7.99. The second-order valence-corrected chi connectivity index (χ2v) is 2.96. The zero-order valence-electron chi connectivity index (χ0n) is 5.95. The molecule has 0 aromatic carbocycles. The molecular weight excluding hydrogens is 156 g/mol. The molecule has 0 aliphatic heterocycles. The van der Waals surface area contributed by atoms with Crippen molar-refractivity contribution in [2.24, 2.45) is 0 Å². The second-order valence-electron chi connectivity index (χ2n) is 1.91. The molecule has 1 aromatic rings. The predicted molar refractivity (Wildman–Crippen MR) is 48.2 cm³/mol. The minimum atomic E-state index is 0.537. The topological polar surface area (TPSA) is 38.9 Å². The van der Waals surface area contributed by atoms with E-state index in [-0.39, 0.29) is 0 Å². The Kier molecular flexibility index (Phi) is 2.82. The molecule has 0 atom stereocenters. The lowest BCUT2D eigenvalue weighted by atomic mass is 10.5. The van der Waals surface area contributed by atoms with Crippen LogP contribution >= 0.6 is 11.8 Å². The van der Waals surface area contributed by atoms with Crippen LogP contribution in [0.5, 0.6) is 0 Å². The molecule has 0 unspecified atom stereocenters. The molecule has 0 aliphatic carbocycles. The van der Waals surface area contributed by atoms with E-state index < -0.39 is 0 Å². The number of nitrogens with two attached hydrogens (primary N) is 1. The fourth-order valence-electron chi connectivity index (χ4n) is 0.602. The molecule has 2 N–H and O–H groups in total. The summed E-state index contributed by atoms with van der Waals surface area (Å²) in [6, 6.07) is 3.67. The number of aromatic nitrogens is 1. The van der Waals surface area contributed by atoms with Gasteiger partial charge in [-0.15, -0.1) is 18.2 Å². The highest BCUT2D eigenvalue weighted by Crippen LogP contribution is 2.15. The number of nitrogens with zero attached hydrogens (tertiary/aromatic N) is 1. The second kappa shape index (κ2) is 3.89. The zero-order valence-corrected chi connectivity index (χ0v) is 6.77. The first-order chi connectivity index (χ1) is 5.33. The Labute approximate surface area is 70.2 Å². The molecule has 56 valence electrons. The summed E-state index contributed by atoms with van der Waals surface area (Å²) in [6.07, 6.45) is 6.81. The number of pyridine rings is 1. The van der Waals surface area contributed by atoms with E-state index in [4.69, 9.17) is 12.2 Å². The van der Waals surface area contributed by atoms with Crippen molar-refractivity contribution in [3.05, 3.63) is 18.3 Å². The summed E-state index contributed by atoms with van der Waals surface area (Å²) in [6.45, 7) is 0. The summed E-state index contributed by atoms with van der Waals surface area (Å²) in [5, 5.41) is 0. The van der Waals surface area contributed by atoms with Crippen molar-refractivity contribution in [3.8, 4) is 12.3 Å². The quantitative estimate of drug-likeness (QED) is 0.530.